The minimum Gasteiger partial charge on any atom is -0.327 e. The van der Waals surface area contributed by atoms with Crippen LogP contribution in [0.5, 0.6) is 0 Å². The van der Waals surface area contributed by atoms with E-state index in [1.165, 1.54) is 35.5 Å². The Balaban J connectivity index is 2.44. The fraction of sp³-hybridized carbons (Fsp3) is 0.500. The Hall–Kier alpha value is -0.730. The zero-order valence-corrected chi connectivity index (χ0v) is 12.4. The van der Waals surface area contributed by atoms with Gasteiger partial charge in [0.15, 0.2) is 0 Å². The van der Waals surface area contributed by atoms with E-state index >= 15 is 0 Å². The summed E-state index contributed by atoms with van der Waals surface area (Å²) in [7, 11) is 0. The summed E-state index contributed by atoms with van der Waals surface area (Å²) >= 11 is 1.96. The molecule has 1 aromatic carbocycles. The Kier molecular flexibility index (Phi) is 7.86. The van der Waals surface area contributed by atoms with Crippen LogP contribution < -0.4 is 5.73 Å². The lowest BCUT2D eigenvalue weighted by Crippen LogP contribution is -1.97. The molecular weight excluding hydrogens is 238 g/mol. The third kappa shape index (κ3) is 6.27. The molecule has 0 heterocycles. The highest BCUT2D eigenvalue weighted by molar-refractivity contribution is 7.99. The van der Waals surface area contributed by atoms with E-state index in [9.17, 15) is 0 Å². The Morgan fingerprint density at radius 2 is 2.22 bits per heavy atom. The number of hydrogen-bond acceptors (Lipinski definition) is 2. The molecule has 0 aromatic heterocycles. The molecule has 18 heavy (non-hydrogen) atoms. The van der Waals surface area contributed by atoms with Gasteiger partial charge >= 0.3 is 0 Å². The second-order valence-electron chi connectivity index (χ2n) is 4.77. The van der Waals surface area contributed by atoms with Crippen LogP contribution in [0.1, 0.15) is 38.7 Å². The first kappa shape index (κ1) is 15.3. The van der Waals surface area contributed by atoms with Gasteiger partial charge in [-0.2, -0.15) is 0 Å². The summed E-state index contributed by atoms with van der Waals surface area (Å²) in [6, 6.07) is 8.67. The fourth-order valence-electron chi connectivity index (χ4n) is 1.79. The van der Waals surface area contributed by atoms with Crippen LogP contribution in [-0.2, 0) is 0 Å². The van der Waals surface area contributed by atoms with Crippen molar-refractivity contribution >= 4 is 17.8 Å². The van der Waals surface area contributed by atoms with Gasteiger partial charge in [-0.3, -0.25) is 0 Å². The molecule has 2 N–H and O–H groups in total. The molecule has 0 amide bonds. The van der Waals surface area contributed by atoms with Crippen molar-refractivity contribution in [2.24, 2.45) is 11.7 Å². The summed E-state index contributed by atoms with van der Waals surface area (Å²) < 4.78 is 0. The monoisotopic (exact) mass is 263 g/mol. The van der Waals surface area contributed by atoms with E-state index in [2.05, 4.69) is 44.2 Å². The van der Waals surface area contributed by atoms with Crippen molar-refractivity contribution in [3.05, 3.63) is 35.9 Å². The van der Waals surface area contributed by atoms with Crippen LogP contribution in [0.25, 0.3) is 6.08 Å². The number of benzene rings is 1. The number of nitrogens with two attached hydrogens (primary N) is 1. The minimum atomic E-state index is 0.603. The van der Waals surface area contributed by atoms with Gasteiger partial charge in [0.05, 0.1) is 0 Å². The first-order valence-electron chi connectivity index (χ1n) is 6.85. The molecule has 0 saturated carbocycles. The molecule has 100 valence electrons. The van der Waals surface area contributed by atoms with Gasteiger partial charge in [0.25, 0.3) is 0 Å². The molecule has 0 fully saturated rings. The van der Waals surface area contributed by atoms with Crippen molar-refractivity contribution in [2.75, 3.05) is 12.3 Å². The van der Waals surface area contributed by atoms with Crippen LogP contribution in [-0.4, -0.2) is 12.3 Å². The lowest BCUT2D eigenvalue weighted by atomic mass is 10.1. The predicted molar refractivity (Wildman–Crippen MR) is 83.9 cm³/mol. The highest BCUT2D eigenvalue weighted by Crippen LogP contribution is 2.24. The summed E-state index contributed by atoms with van der Waals surface area (Å²) in [4.78, 5) is 1.36. The topological polar surface area (TPSA) is 26.0 Å². The molecule has 0 radical (unpaired) electrons. The summed E-state index contributed by atoms with van der Waals surface area (Å²) in [6.45, 7) is 5.21. The second kappa shape index (κ2) is 9.23. The van der Waals surface area contributed by atoms with Gasteiger partial charge in [-0.15, -0.1) is 11.8 Å². The molecule has 0 aliphatic heterocycles. The molecule has 0 saturated heterocycles. The van der Waals surface area contributed by atoms with Crippen molar-refractivity contribution in [2.45, 2.75) is 38.0 Å². The maximum Gasteiger partial charge on any atom is 0.0110 e. The van der Waals surface area contributed by atoms with Gasteiger partial charge in [-0.1, -0.05) is 51.0 Å². The van der Waals surface area contributed by atoms with Gasteiger partial charge in [0, 0.05) is 17.2 Å². The SMILES string of the molecule is CCCCC(C)CSc1cccc(/C=C/CN)c1. The van der Waals surface area contributed by atoms with Gasteiger partial charge in [0.1, 0.15) is 0 Å². The third-order valence-corrected chi connectivity index (χ3v) is 4.21. The predicted octanol–water partition coefficient (Wildman–Crippen LogP) is 4.58. The van der Waals surface area contributed by atoms with E-state index in [0.717, 1.165) is 5.92 Å². The Morgan fingerprint density at radius 1 is 1.39 bits per heavy atom. The lowest BCUT2D eigenvalue weighted by Gasteiger charge is -2.10. The van der Waals surface area contributed by atoms with E-state index in [-0.39, 0.29) is 0 Å². The smallest absolute Gasteiger partial charge is 0.0110 e. The largest absolute Gasteiger partial charge is 0.327 e. The van der Waals surface area contributed by atoms with Crippen molar-refractivity contribution in [3.63, 3.8) is 0 Å². The summed E-state index contributed by atoms with van der Waals surface area (Å²) in [5.41, 5.74) is 6.71. The Labute approximate surface area is 116 Å². The van der Waals surface area contributed by atoms with Gasteiger partial charge in [-0.05, 0) is 30.0 Å². The second-order valence-corrected chi connectivity index (χ2v) is 5.86. The fourth-order valence-corrected chi connectivity index (χ4v) is 2.82. The Bertz CT molecular complexity index is 360. The van der Waals surface area contributed by atoms with Crippen molar-refractivity contribution in [3.8, 4) is 0 Å². The van der Waals surface area contributed by atoms with E-state index < -0.39 is 0 Å². The lowest BCUT2D eigenvalue weighted by molar-refractivity contribution is 0.557. The molecule has 1 aromatic rings. The molecular formula is C16H25NS. The van der Waals surface area contributed by atoms with E-state index in [1.807, 2.05) is 17.8 Å². The van der Waals surface area contributed by atoms with Crippen LogP contribution in [0.3, 0.4) is 0 Å². The van der Waals surface area contributed by atoms with E-state index in [0.29, 0.717) is 6.54 Å². The number of unbranched alkanes of at least 4 members (excludes halogenated alkanes) is 1. The quantitative estimate of drug-likeness (QED) is 0.695. The van der Waals surface area contributed by atoms with Crippen LogP contribution in [0, 0.1) is 5.92 Å². The van der Waals surface area contributed by atoms with E-state index in [4.69, 9.17) is 5.73 Å². The molecule has 0 bridgehead atoms. The van der Waals surface area contributed by atoms with Gasteiger partial charge in [0.2, 0.25) is 0 Å². The van der Waals surface area contributed by atoms with Crippen molar-refractivity contribution in [1.82, 2.24) is 0 Å². The molecule has 1 atom stereocenters. The van der Waals surface area contributed by atoms with Gasteiger partial charge in [-0.25, -0.2) is 0 Å². The van der Waals surface area contributed by atoms with Crippen molar-refractivity contribution in [1.29, 1.82) is 0 Å². The molecule has 0 spiro atoms. The molecule has 1 nitrogen and oxygen atoms in total. The summed E-state index contributed by atoms with van der Waals surface area (Å²) in [5.74, 6) is 2.02. The molecule has 0 aliphatic carbocycles. The highest BCUT2D eigenvalue weighted by Gasteiger charge is 2.03. The maximum absolute atomic E-state index is 5.47. The zero-order valence-electron chi connectivity index (χ0n) is 11.6. The van der Waals surface area contributed by atoms with Crippen LogP contribution in [0.2, 0.25) is 0 Å². The Morgan fingerprint density at radius 3 is 2.94 bits per heavy atom. The highest BCUT2D eigenvalue weighted by atomic mass is 32.2. The zero-order chi connectivity index (χ0) is 13.2. The first-order valence-corrected chi connectivity index (χ1v) is 7.84. The first-order chi connectivity index (χ1) is 8.76. The van der Waals surface area contributed by atoms with E-state index in [1.54, 1.807) is 0 Å². The maximum atomic E-state index is 5.47. The molecule has 1 unspecified atom stereocenters. The summed E-state index contributed by atoms with van der Waals surface area (Å²) in [6.07, 6.45) is 8.07. The van der Waals surface area contributed by atoms with Crippen LogP contribution >= 0.6 is 11.8 Å². The third-order valence-electron chi connectivity index (χ3n) is 2.89. The summed E-state index contributed by atoms with van der Waals surface area (Å²) in [5, 5.41) is 0. The average molecular weight is 263 g/mol. The number of hydrogen-bond donors (Lipinski definition) is 1. The number of thioether (sulfide) groups is 1. The van der Waals surface area contributed by atoms with Gasteiger partial charge < -0.3 is 5.73 Å². The number of rotatable bonds is 8. The molecule has 1 rings (SSSR count). The molecule has 2 heteroatoms. The standard InChI is InChI=1S/C16H25NS/c1-3-4-7-14(2)13-18-16-10-5-8-15(12-16)9-6-11-17/h5-6,8-10,12,14H,3-4,7,11,13,17H2,1-2H3/b9-6+. The van der Waals surface area contributed by atoms with Crippen molar-refractivity contribution < 1.29 is 0 Å². The normalized spacial score (nSPS) is 13.1. The average Bonchev–Trinajstić information content (AvgIpc) is 2.41. The van der Waals surface area contributed by atoms with Crippen LogP contribution in [0.4, 0.5) is 0 Å². The van der Waals surface area contributed by atoms with Crippen LogP contribution in [0.15, 0.2) is 35.2 Å². The minimum absolute atomic E-state index is 0.603. The molecule has 0 aliphatic rings.